The first-order chi connectivity index (χ1) is 4.27. The number of alkyl halides is 1. The zero-order valence-electron chi connectivity index (χ0n) is 5.39. The van der Waals surface area contributed by atoms with Crippen molar-refractivity contribution in [1.82, 2.24) is 0 Å². The number of ether oxygens (including phenoxy) is 2. The summed E-state index contributed by atoms with van der Waals surface area (Å²) >= 11 is 3.32. The number of hydrogen-bond acceptors (Lipinski definition) is 2. The van der Waals surface area contributed by atoms with Gasteiger partial charge in [-0.05, 0) is 6.92 Å². The number of rotatable bonds is 2. The van der Waals surface area contributed by atoms with E-state index in [1.54, 1.807) is 6.61 Å². The Kier molecular flexibility index (Phi) is 2.38. The van der Waals surface area contributed by atoms with Crippen LogP contribution in [0.1, 0.15) is 13.3 Å². The fraction of sp³-hybridized carbons (Fsp3) is 0.833. The van der Waals surface area contributed by atoms with Crippen molar-refractivity contribution >= 4 is 15.9 Å². The second kappa shape index (κ2) is 2.90. The third kappa shape index (κ3) is 1.85. The first-order valence-corrected chi connectivity index (χ1v) is 4.08. The maximum atomic E-state index is 5.27. The van der Waals surface area contributed by atoms with Crippen LogP contribution in [0.15, 0.2) is 0 Å². The molecule has 0 spiro atoms. The van der Waals surface area contributed by atoms with Gasteiger partial charge in [0.25, 0.3) is 6.61 Å². The fourth-order valence-corrected chi connectivity index (χ4v) is 1.48. The largest absolute Gasteiger partial charge is 0.300 e. The van der Waals surface area contributed by atoms with Crippen LogP contribution in [0.5, 0.6) is 0 Å². The Morgan fingerprint density at radius 3 is 3.00 bits per heavy atom. The van der Waals surface area contributed by atoms with E-state index in [4.69, 9.17) is 9.47 Å². The molecular formula is C6H10BrO2+. The van der Waals surface area contributed by atoms with Gasteiger partial charge < -0.3 is 4.74 Å². The Bertz CT molecular complexity index is 89.1. The molecule has 0 amide bonds. The Labute approximate surface area is 63.7 Å². The van der Waals surface area contributed by atoms with Gasteiger partial charge in [0.2, 0.25) is 12.4 Å². The van der Waals surface area contributed by atoms with Crippen molar-refractivity contribution in [3.63, 3.8) is 0 Å². The molecule has 1 aliphatic rings. The highest BCUT2D eigenvalue weighted by Gasteiger charge is 2.37. The van der Waals surface area contributed by atoms with E-state index in [2.05, 4.69) is 15.9 Å². The molecule has 1 saturated heterocycles. The molecular weight excluding hydrogens is 184 g/mol. The van der Waals surface area contributed by atoms with Crippen LogP contribution in [0.3, 0.4) is 0 Å². The van der Waals surface area contributed by atoms with E-state index in [9.17, 15) is 0 Å². The van der Waals surface area contributed by atoms with Crippen LogP contribution in [0, 0.1) is 6.61 Å². The normalized spacial score (nSPS) is 34.4. The topological polar surface area (TPSA) is 18.5 Å². The summed E-state index contributed by atoms with van der Waals surface area (Å²) in [5, 5.41) is 0.914. The minimum atomic E-state index is -0.358. The Balaban J connectivity index is 2.32. The fourth-order valence-electron chi connectivity index (χ4n) is 0.757. The summed E-state index contributed by atoms with van der Waals surface area (Å²) in [4.78, 5) is 0. The van der Waals surface area contributed by atoms with Crippen molar-refractivity contribution in [3.05, 3.63) is 6.61 Å². The average Bonchev–Trinajstić information content (AvgIpc) is 2.16. The highest BCUT2D eigenvalue weighted by atomic mass is 79.9. The second-order valence-electron chi connectivity index (χ2n) is 2.17. The molecule has 1 rings (SSSR count). The zero-order chi connectivity index (χ0) is 6.74. The molecule has 2 nitrogen and oxygen atoms in total. The maximum absolute atomic E-state index is 5.27. The molecule has 3 heteroatoms. The predicted molar refractivity (Wildman–Crippen MR) is 38.2 cm³/mol. The molecule has 0 aromatic rings. The highest BCUT2D eigenvalue weighted by molar-refractivity contribution is 9.09. The van der Waals surface area contributed by atoms with Crippen molar-refractivity contribution in [3.8, 4) is 0 Å². The van der Waals surface area contributed by atoms with Crippen LogP contribution < -0.4 is 0 Å². The van der Waals surface area contributed by atoms with Crippen LogP contribution in [0.2, 0.25) is 0 Å². The van der Waals surface area contributed by atoms with Gasteiger partial charge in [-0.1, -0.05) is 15.9 Å². The SMILES string of the molecule is CC1(CCBr)O[CH+]CO1. The van der Waals surface area contributed by atoms with Crippen LogP contribution in [-0.2, 0) is 9.47 Å². The van der Waals surface area contributed by atoms with Gasteiger partial charge in [0.05, 0.1) is 0 Å². The molecule has 0 N–H and O–H groups in total. The van der Waals surface area contributed by atoms with Crippen LogP contribution >= 0.6 is 15.9 Å². The van der Waals surface area contributed by atoms with Gasteiger partial charge in [-0.25, -0.2) is 0 Å². The van der Waals surface area contributed by atoms with Crippen LogP contribution in [-0.4, -0.2) is 17.7 Å². The molecule has 0 radical (unpaired) electrons. The monoisotopic (exact) mass is 193 g/mol. The summed E-state index contributed by atoms with van der Waals surface area (Å²) in [5.41, 5.74) is 0. The lowest BCUT2D eigenvalue weighted by Gasteiger charge is -2.14. The van der Waals surface area contributed by atoms with E-state index in [0.717, 1.165) is 11.8 Å². The van der Waals surface area contributed by atoms with E-state index in [-0.39, 0.29) is 5.79 Å². The predicted octanol–water partition coefficient (Wildman–Crippen LogP) is 1.70. The van der Waals surface area contributed by atoms with Gasteiger partial charge in [0, 0.05) is 11.8 Å². The number of hydrogen-bond donors (Lipinski definition) is 0. The lowest BCUT2D eigenvalue weighted by Crippen LogP contribution is -2.25. The maximum Gasteiger partial charge on any atom is 0.259 e. The van der Waals surface area contributed by atoms with Crippen molar-refractivity contribution in [2.24, 2.45) is 0 Å². The van der Waals surface area contributed by atoms with Gasteiger partial charge >= 0.3 is 0 Å². The second-order valence-corrected chi connectivity index (χ2v) is 2.96. The van der Waals surface area contributed by atoms with Gasteiger partial charge in [-0.2, -0.15) is 4.74 Å². The first kappa shape index (κ1) is 7.38. The third-order valence-electron chi connectivity index (χ3n) is 1.34. The standard InChI is InChI=1S/C6H10BrO2/c1-6(2-3-7)8-4-5-9-6/h4H,2-3,5H2,1H3/q+1. The Morgan fingerprint density at radius 1 is 1.78 bits per heavy atom. The molecule has 1 atom stereocenters. The summed E-state index contributed by atoms with van der Waals surface area (Å²) in [5.74, 6) is -0.358. The average molecular weight is 194 g/mol. The highest BCUT2D eigenvalue weighted by Crippen LogP contribution is 2.24. The van der Waals surface area contributed by atoms with E-state index in [1.807, 2.05) is 6.92 Å². The minimum Gasteiger partial charge on any atom is -0.300 e. The molecule has 0 aromatic heterocycles. The molecule has 1 fully saturated rings. The minimum absolute atomic E-state index is 0.358. The Hall–Kier alpha value is 0.270. The molecule has 9 heavy (non-hydrogen) atoms. The van der Waals surface area contributed by atoms with Gasteiger partial charge in [-0.15, -0.1) is 0 Å². The number of halogens is 1. The van der Waals surface area contributed by atoms with E-state index >= 15 is 0 Å². The molecule has 52 valence electrons. The summed E-state index contributed by atoms with van der Waals surface area (Å²) < 4.78 is 10.5. The molecule has 1 aliphatic heterocycles. The quantitative estimate of drug-likeness (QED) is 0.492. The van der Waals surface area contributed by atoms with Crippen molar-refractivity contribution < 1.29 is 9.47 Å². The van der Waals surface area contributed by atoms with Gasteiger partial charge in [0.15, 0.2) is 0 Å². The molecule has 0 aliphatic carbocycles. The summed E-state index contributed by atoms with van der Waals surface area (Å²) in [6.07, 6.45) is 0.892. The zero-order valence-corrected chi connectivity index (χ0v) is 6.98. The molecule has 0 saturated carbocycles. The summed E-state index contributed by atoms with van der Waals surface area (Å²) in [7, 11) is 0. The van der Waals surface area contributed by atoms with Crippen molar-refractivity contribution in [1.29, 1.82) is 0 Å². The van der Waals surface area contributed by atoms with Crippen molar-refractivity contribution in [2.75, 3.05) is 11.9 Å². The van der Waals surface area contributed by atoms with Gasteiger partial charge in [0.1, 0.15) is 0 Å². The summed E-state index contributed by atoms with van der Waals surface area (Å²) in [6, 6.07) is 0. The summed E-state index contributed by atoms with van der Waals surface area (Å²) in [6.45, 7) is 4.25. The third-order valence-corrected chi connectivity index (χ3v) is 1.73. The van der Waals surface area contributed by atoms with Gasteiger partial charge in [-0.3, -0.25) is 0 Å². The van der Waals surface area contributed by atoms with Crippen LogP contribution in [0.4, 0.5) is 0 Å². The van der Waals surface area contributed by atoms with E-state index in [1.165, 1.54) is 0 Å². The van der Waals surface area contributed by atoms with E-state index in [0.29, 0.717) is 6.61 Å². The molecule has 1 heterocycles. The van der Waals surface area contributed by atoms with E-state index < -0.39 is 0 Å². The molecule has 0 aromatic carbocycles. The lowest BCUT2D eigenvalue weighted by molar-refractivity contribution is -0.134. The first-order valence-electron chi connectivity index (χ1n) is 2.96. The van der Waals surface area contributed by atoms with Crippen molar-refractivity contribution in [2.45, 2.75) is 19.1 Å². The lowest BCUT2D eigenvalue weighted by atomic mass is 10.2. The molecule has 0 bridgehead atoms. The molecule has 1 unspecified atom stereocenters. The Morgan fingerprint density at radius 2 is 2.56 bits per heavy atom. The van der Waals surface area contributed by atoms with Crippen LogP contribution in [0.25, 0.3) is 0 Å². The smallest absolute Gasteiger partial charge is 0.259 e.